The third-order valence-corrected chi connectivity index (χ3v) is 3.52. The zero-order valence-electron chi connectivity index (χ0n) is 10.1. The van der Waals surface area contributed by atoms with Crippen LogP contribution in [0.3, 0.4) is 0 Å². The van der Waals surface area contributed by atoms with Crippen molar-refractivity contribution in [3.63, 3.8) is 0 Å². The Labute approximate surface area is 108 Å². The average Bonchev–Trinajstić information content (AvgIpc) is 3.10. The molecule has 18 heavy (non-hydrogen) atoms. The van der Waals surface area contributed by atoms with Crippen molar-refractivity contribution in [3.05, 3.63) is 0 Å². The van der Waals surface area contributed by atoms with Gasteiger partial charge in [0.25, 0.3) is 0 Å². The van der Waals surface area contributed by atoms with E-state index in [1.807, 2.05) is 0 Å². The monoisotopic (exact) mass is 270 g/mol. The summed E-state index contributed by atoms with van der Waals surface area (Å²) in [6, 6.07) is -0.161. The first kappa shape index (κ1) is 12.8. The molecule has 9 heteroatoms. The Kier molecular flexibility index (Phi) is 3.80. The van der Waals surface area contributed by atoms with Crippen LogP contribution in [0.5, 0.6) is 0 Å². The molecule has 8 nitrogen and oxygen atoms in total. The van der Waals surface area contributed by atoms with Crippen molar-refractivity contribution in [3.8, 4) is 0 Å². The van der Waals surface area contributed by atoms with Gasteiger partial charge in [0.15, 0.2) is 0 Å². The molecule has 0 aromatic carbocycles. The number of hydrogen-bond acceptors (Lipinski definition) is 6. The summed E-state index contributed by atoms with van der Waals surface area (Å²) in [6.45, 7) is 1.70. The van der Waals surface area contributed by atoms with Crippen LogP contribution in [0.15, 0.2) is 5.16 Å². The second-order valence-corrected chi connectivity index (χ2v) is 5.27. The lowest BCUT2D eigenvalue weighted by atomic mass is 10.4. The summed E-state index contributed by atoms with van der Waals surface area (Å²) in [6.07, 6.45) is 2.13. The van der Waals surface area contributed by atoms with E-state index in [9.17, 15) is 9.59 Å². The van der Waals surface area contributed by atoms with Crippen molar-refractivity contribution in [1.82, 2.24) is 30.8 Å². The van der Waals surface area contributed by atoms with E-state index in [2.05, 4.69) is 26.2 Å². The number of hydrogen-bond donors (Lipinski definition) is 2. The van der Waals surface area contributed by atoms with Crippen LogP contribution in [0.1, 0.15) is 25.8 Å². The van der Waals surface area contributed by atoms with Crippen LogP contribution in [0.4, 0.5) is 4.79 Å². The lowest BCUT2D eigenvalue weighted by Gasteiger charge is -2.10. The number of imide groups is 1. The molecule has 98 valence electrons. The zero-order valence-corrected chi connectivity index (χ0v) is 10.9. The molecule has 0 radical (unpaired) electrons. The number of nitrogens with one attached hydrogen (secondary N) is 2. The van der Waals surface area contributed by atoms with E-state index in [-0.39, 0.29) is 5.91 Å². The summed E-state index contributed by atoms with van der Waals surface area (Å²) in [4.78, 5) is 22.7. The highest BCUT2D eigenvalue weighted by molar-refractivity contribution is 8.00. The predicted octanol–water partition coefficient (Wildman–Crippen LogP) is -0.0558. The van der Waals surface area contributed by atoms with Crippen molar-refractivity contribution >= 4 is 23.7 Å². The summed E-state index contributed by atoms with van der Waals surface area (Å²) in [5, 5.41) is 16.1. The second kappa shape index (κ2) is 5.34. The quantitative estimate of drug-likeness (QED) is 0.743. The van der Waals surface area contributed by atoms with Gasteiger partial charge in [0.2, 0.25) is 11.1 Å². The fraction of sp³-hybridized carbons (Fsp3) is 0.667. The van der Waals surface area contributed by atoms with Crippen molar-refractivity contribution < 1.29 is 9.59 Å². The van der Waals surface area contributed by atoms with Gasteiger partial charge in [-0.15, -0.1) is 5.10 Å². The minimum atomic E-state index is -0.519. The Morgan fingerprint density at radius 2 is 2.22 bits per heavy atom. The maximum Gasteiger partial charge on any atom is 0.321 e. The van der Waals surface area contributed by atoms with Gasteiger partial charge < -0.3 is 5.32 Å². The third kappa shape index (κ3) is 2.97. The van der Waals surface area contributed by atoms with Gasteiger partial charge in [-0.25, -0.2) is 9.48 Å². The van der Waals surface area contributed by atoms with Crippen LogP contribution in [-0.4, -0.2) is 44.4 Å². The van der Waals surface area contributed by atoms with E-state index in [0.29, 0.717) is 11.2 Å². The Hall–Kier alpha value is -1.64. The highest BCUT2D eigenvalue weighted by Crippen LogP contribution is 2.37. The standard InChI is InChI=1S/C9H14N6O2S/c1-5(7(16)11-8(17)10-2)18-9-12-13-14-15(9)6-3-4-6/h5-6H,3-4H2,1-2H3,(H2,10,11,16,17)/t5-/m1/s1. The SMILES string of the molecule is CNC(=O)NC(=O)[C@@H](C)Sc1nnnn1C1CC1. The van der Waals surface area contributed by atoms with Gasteiger partial charge in [-0.3, -0.25) is 10.1 Å². The van der Waals surface area contributed by atoms with E-state index in [0.717, 1.165) is 12.8 Å². The molecule has 1 atom stereocenters. The van der Waals surface area contributed by atoms with Gasteiger partial charge in [-0.05, 0) is 30.2 Å². The van der Waals surface area contributed by atoms with E-state index in [4.69, 9.17) is 0 Å². The molecule has 1 aliphatic carbocycles. The van der Waals surface area contributed by atoms with Crippen LogP contribution >= 0.6 is 11.8 Å². The average molecular weight is 270 g/mol. The van der Waals surface area contributed by atoms with E-state index in [1.54, 1.807) is 11.6 Å². The van der Waals surface area contributed by atoms with Gasteiger partial charge in [0.1, 0.15) is 0 Å². The van der Waals surface area contributed by atoms with E-state index >= 15 is 0 Å². The number of carbonyl (C=O) groups excluding carboxylic acids is 2. The molecule has 1 saturated carbocycles. The van der Waals surface area contributed by atoms with Crippen LogP contribution in [-0.2, 0) is 4.79 Å². The summed E-state index contributed by atoms with van der Waals surface area (Å²) in [7, 11) is 1.45. The Balaban J connectivity index is 1.93. The zero-order chi connectivity index (χ0) is 13.1. The van der Waals surface area contributed by atoms with Gasteiger partial charge in [-0.1, -0.05) is 11.8 Å². The predicted molar refractivity (Wildman–Crippen MR) is 64.0 cm³/mol. The number of rotatable bonds is 4. The molecule has 0 unspecified atom stereocenters. The minimum absolute atomic E-state index is 0.358. The maximum absolute atomic E-state index is 11.7. The maximum atomic E-state index is 11.7. The van der Waals surface area contributed by atoms with Crippen molar-refractivity contribution in [2.24, 2.45) is 0 Å². The molecule has 0 bridgehead atoms. The van der Waals surface area contributed by atoms with E-state index in [1.165, 1.54) is 18.8 Å². The summed E-state index contributed by atoms with van der Waals surface area (Å²) in [5.74, 6) is -0.371. The molecule has 0 spiro atoms. The molecular weight excluding hydrogens is 256 g/mol. The normalized spacial score (nSPS) is 16.1. The molecular formula is C9H14N6O2S. The summed E-state index contributed by atoms with van der Waals surface area (Å²) < 4.78 is 1.73. The second-order valence-electron chi connectivity index (χ2n) is 3.97. The van der Waals surface area contributed by atoms with Crippen molar-refractivity contribution in [2.75, 3.05) is 7.05 Å². The Bertz CT molecular complexity index is 458. The summed E-state index contributed by atoms with van der Waals surface area (Å²) in [5.41, 5.74) is 0. The lowest BCUT2D eigenvalue weighted by Crippen LogP contribution is -2.41. The van der Waals surface area contributed by atoms with Gasteiger partial charge in [-0.2, -0.15) is 0 Å². The highest BCUT2D eigenvalue weighted by atomic mass is 32.2. The van der Waals surface area contributed by atoms with Gasteiger partial charge >= 0.3 is 6.03 Å². The molecule has 3 amide bonds. The van der Waals surface area contributed by atoms with Gasteiger partial charge in [0, 0.05) is 7.05 Å². The third-order valence-electron chi connectivity index (χ3n) is 2.47. The first-order chi connectivity index (χ1) is 8.61. The molecule has 1 heterocycles. The molecule has 2 N–H and O–H groups in total. The number of aromatic nitrogens is 4. The lowest BCUT2D eigenvalue weighted by molar-refractivity contribution is -0.119. The van der Waals surface area contributed by atoms with Crippen molar-refractivity contribution in [2.45, 2.75) is 36.2 Å². The molecule has 2 rings (SSSR count). The Morgan fingerprint density at radius 1 is 1.50 bits per heavy atom. The fourth-order valence-corrected chi connectivity index (χ4v) is 2.16. The molecule has 0 saturated heterocycles. The Morgan fingerprint density at radius 3 is 2.83 bits per heavy atom. The topological polar surface area (TPSA) is 102 Å². The highest BCUT2D eigenvalue weighted by Gasteiger charge is 2.29. The molecule has 0 aliphatic heterocycles. The number of nitrogens with zero attached hydrogens (tertiary/aromatic N) is 4. The molecule has 1 aliphatic rings. The smallest absolute Gasteiger partial charge is 0.321 e. The van der Waals surface area contributed by atoms with Crippen LogP contribution in [0.25, 0.3) is 0 Å². The molecule has 1 aromatic heterocycles. The first-order valence-electron chi connectivity index (χ1n) is 5.59. The number of amides is 3. The van der Waals surface area contributed by atoms with Gasteiger partial charge in [0.05, 0.1) is 11.3 Å². The molecule has 1 fully saturated rings. The van der Waals surface area contributed by atoms with E-state index < -0.39 is 11.3 Å². The van der Waals surface area contributed by atoms with Crippen LogP contribution in [0, 0.1) is 0 Å². The number of carbonyl (C=O) groups is 2. The van der Waals surface area contributed by atoms with Crippen LogP contribution < -0.4 is 10.6 Å². The van der Waals surface area contributed by atoms with Crippen LogP contribution in [0.2, 0.25) is 0 Å². The largest absolute Gasteiger partial charge is 0.341 e. The molecule has 1 aromatic rings. The number of urea groups is 1. The van der Waals surface area contributed by atoms with Crippen molar-refractivity contribution in [1.29, 1.82) is 0 Å². The fourth-order valence-electron chi connectivity index (χ4n) is 1.30. The summed E-state index contributed by atoms with van der Waals surface area (Å²) >= 11 is 1.24. The number of tetrazole rings is 1. The number of thioether (sulfide) groups is 1. The first-order valence-corrected chi connectivity index (χ1v) is 6.47. The minimum Gasteiger partial charge on any atom is -0.341 e.